The van der Waals surface area contributed by atoms with Crippen LogP contribution in [0.4, 0.5) is 0 Å². The number of amides is 1. The van der Waals surface area contributed by atoms with Gasteiger partial charge in [0.2, 0.25) is 5.91 Å². The normalized spacial score (nSPS) is 19.6. The van der Waals surface area contributed by atoms with E-state index in [1.807, 2.05) is 0 Å². The lowest BCUT2D eigenvalue weighted by Crippen LogP contribution is -2.39. The summed E-state index contributed by atoms with van der Waals surface area (Å²) in [6.45, 7) is 0.678. The van der Waals surface area contributed by atoms with Gasteiger partial charge in [-0.1, -0.05) is 23.7 Å². The fourth-order valence-electron chi connectivity index (χ4n) is 2.98. The van der Waals surface area contributed by atoms with E-state index in [4.69, 9.17) is 11.6 Å². The van der Waals surface area contributed by atoms with Crippen LogP contribution in [0.3, 0.4) is 0 Å². The van der Waals surface area contributed by atoms with Crippen molar-refractivity contribution in [2.45, 2.75) is 37.8 Å². The fraction of sp³-hybridized carbons (Fsp3) is 0.438. The van der Waals surface area contributed by atoms with Crippen molar-refractivity contribution >= 4 is 17.5 Å². The summed E-state index contributed by atoms with van der Waals surface area (Å²) in [7, 11) is 0. The molecule has 1 fully saturated rings. The lowest BCUT2D eigenvalue weighted by atomic mass is 9.99. The zero-order valence-electron chi connectivity index (χ0n) is 12.7. The summed E-state index contributed by atoms with van der Waals surface area (Å²) in [5.41, 5.74) is 0.691. The number of likely N-dealkylation sites (tertiary alicyclic amines) is 1. The molecule has 0 saturated carbocycles. The molecule has 6 nitrogen and oxygen atoms in total. The molecule has 2 heterocycles. The van der Waals surface area contributed by atoms with E-state index in [2.05, 4.69) is 15.2 Å². The Balaban J connectivity index is 1.69. The van der Waals surface area contributed by atoms with E-state index in [-0.39, 0.29) is 18.4 Å². The highest BCUT2D eigenvalue weighted by molar-refractivity contribution is 6.30. The second kappa shape index (κ2) is 7.10. The number of aliphatic hydroxyl groups is 1. The first-order valence-electron chi connectivity index (χ1n) is 7.73. The first kappa shape index (κ1) is 16.0. The van der Waals surface area contributed by atoms with Crippen molar-refractivity contribution in [2.24, 2.45) is 0 Å². The molecule has 1 aromatic heterocycles. The Labute approximate surface area is 139 Å². The monoisotopic (exact) mass is 334 g/mol. The Kier molecular flexibility index (Phi) is 4.93. The third kappa shape index (κ3) is 3.71. The van der Waals surface area contributed by atoms with Crippen LogP contribution in [0.5, 0.6) is 0 Å². The minimum absolute atomic E-state index is 0.0479. The minimum Gasteiger partial charge on any atom is -0.388 e. The molecule has 1 saturated heterocycles. The molecule has 0 aliphatic carbocycles. The van der Waals surface area contributed by atoms with E-state index >= 15 is 0 Å². The number of aromatic amines is 1. The molecule has 1 aromatic carbocycles. The Morgan fingerprint density at radius 1 is 1.39 bits per heavy atom. The Morgan fingerprint density at radius 2 is 2.17 bits per heavy atom. The van der Waals surface area contributed by atoms with Gasteiger partial charge >= 0.3 is 0 Å². The fourth-order valence-corrected chi connectivity index (χ4v) is 3.10. The standard InChI is InChI=1S/C16H19ClN4O2/c17-12-6-4-11(5-7-12)14(22)9-15(23)21-8-2-1-3-13(21)16-18-10-19-20-16/h4-7,10,13-14,22H,1-3,8-9H2,(H,18,19,20). The van der Waals surface area contributed by atoms with Crippen molar-refractivity contribution in [3.05, 3.63) is 47.0 Å². The van der Waals surface area contributed by atoms with Gasteiger partial charge in [0.1, 0.15) is 12.2 Å². The molecule has 2 aromatic rings. The summed E-state index contributed by atoms with van der Waals surface area (Å²) >= 11 is 5.85. The van der Waals surface area contributed by atoms with Crippen LogP contribution >= 0.6 is 11.6 Å². The van der Waals surface area contributed by atoms with Gasteiger partial charge in [-0.25, -0.2) is 4.98 Å². The summed E-state index contributed by atoms with van der Waals surface area (Å²) in [4.78, 5) is 18.6. The number of benzene rings is 1. The Hall–Kier alpha value is -1.92. The summed E-state index contributed by atoms with van der Waals surface area (Å²) in [6.07, 6.45) is 3.54. The Morgan fingerprint density at radius 3 is 2.87 bits per heavy atom. The van der Waals surface area contributed by atoms with Gasteiger partial charge in [0, 0.05) is 11.6 Å². The smallest absolute Gasteiger partial charge is 0.226 e. The van der Waals surface area contributed by atoms with Crippen LogP contribution in [-0.2, 0) is 4.79 Å². The van der Waals surface area contributed by atoms with Gasteiger partial charge in [0.05, 0.1) is 18.6 Å². The number of aliphatic hydroxyl groups excluding tert-OH is 1. The van der Waals surface area contributed by atoms with E-state index in [0.717, 1.165) is 19.3 Å². The average Bonchev–Trinajstić information content (AvgIpc) is 3.09. The molecule has 23 heavy (non-hydrogen) atoms. The number of piperidine rings is 1. The van der Waals surface area contributed by atoms with Gasteiger partial charge in [0.15, 0.2) is 0 Å². The van der Waals surface area contributed by atoms with Gasteiger partial charge < -0.3 is 10.0 Å². The number of carbonyl (C=O) groups is 1. The number of halogens is 1. The molecule has 0 radical (unpaired) electrons. The molecule has 122 valence electrons. The van der Waals surface area contributed by atoms with Gasteiger partial charge in [-0.3, -0.25) is 9.89 Å². The van der Waals surface area contributed by atoms with E-state index in [0.29, 0.717) is 23.0 Å². The molecule has 2 N–H and O–H groups in total. The highest BCUT2D eigenvalue weighted by atomic mass is 35.5. The number of hydrogen-bond donors (Lipinski definition) is 2. The molecular weight excluding hydrogens is 316 g/mol. The van der Waals surface area contributed by atoms with Crippen molar-refractivity contribution in [2.75, 3.05) is 6.54 Å². The number of nitrogens with one attached hydrogen (secondary N) is 1. The average molecular weight is 335 g/mol. The topological polar surface area (TPSA) is 82.1 Å². The maximum Gasteiger partial charge on any atom is 0.226 e. The van der Waals surface area contributed by atoms with Gasteiger partial charge in [0.25, 0.3) is 0 Å². The molecule has 1 aliphatic rings. The SMILES string of the molecule is O=C(CC(O)c1ccc(Cl)cc1)N1CCCCC1c1ncn[nH]1. The minimum atomic E-state index is -0.836. The maximum absolute atomic E-state index is 12.6. The van der Waals surface area contributed by atoms with Crippen LogP contribution in [-0.4, -0.2) is 37.6 Å². The molecule has 2 unspecified atom stereocenters. The lowest BCUT2D eigenvalue weighted by molar-refractivity contribution is -0.137. The summed E-state index contributed by atoms with van der Waals surface area (Å²) in [5.74, 6) is 0.632. The number of nitrogens with zero attached hydrogens (tertiary/aromatic N) is 3. The molecule has 0 bridgehead atoms. The zero-order chi connectivity index (χ0) is 16.2. The number of rotatable bonds is 4. The molecular formula is C16H19ClN4O2. The van der Waals surface area contributed by atoms with Crippen molar-refractivity contribution in [1.29, 1.82) is 0 Å². The third-order valence-electron chi connectivity index (χ3n) is 4.20. The summed E-state index contributed by atoms with van der Waals surface area (Å²) in [6, 6.07) is 6.82. The van der Waals surface area contributed by atoms with E-state index in [9.17, 15) is 9.90 Å². The number of H-pyrrole nitrogens is 1. The second-order valence-corrected chi connectivity index (χ2v) is 6.18. The number of aromatic nitrogens is 3. The maximum atomic E-state index is 12.6. The molecule has 0 spiro atoms. The van der Waals surface area contributed by atoms with Crippen LogP contribution in [0.15, 0.2) is 30.6 Å². The van der Waals surface area contributed by atoms with Crippen molar-refractivity contribution in [3.8, 4) is 0 Å². The van der Waals surface area contributed by atoms with Gasteiger partial charge in [-0.05, 0) is 37.0 Å². The predicted molar refractivity (Wildman–Crippen MR) is 85.7 cm³/mol. The van der Waals surface area contributed by atoms with Gasteiger partial charge in [-0.15, -0.1) is 0 Å². The van der Waals surface area contributed by atoms with Crippen molar-refractivity contribution in [1.82, 2.24) is 20.1 Å². The van der Waals surface area contributed by atoms with Crippen LogP contribution in [0, 0.1) is 0 Å². The predicted octanol–water partition coefficient (Wildman–Crippen LogP) is 2.64. The van der Waals surface area contributed by atoms with E-state index < -0.39 is 6.10 Å². The van der Waals surface area contributed by atoms with Crippen LogP contribution in [0.2, 0.25) is 5.02 Å². The summed E-state index contributed by atoms with van der Waals surface area (Å²) < 4.78 is 0. The number of hydrogen-bond acceptors (Lipinski definition) is 4. The quantitative estimate of drug-likeness (QED) is 0.900. The molecule has 3 rings (SSSR count). The second-order valence-electron chi connectivity index (χ2n) is 5.74. The number of carbonyl (C=O) groups excluding carboxylic acids is 1. The molecule has 7 heteroatoms. The zero-order valence-corrected chi connectivity index (χ0v) is 13.4. The summed E-state index contributed by atoms with van der Waals surface area (Å²) in [5, 5.41) is 17.6. The van der Waals surface area contributed by atoms with Crippen LogP contribution in [0.1, 0.15) is 49.2 Å². The van der Waals surface area contributed by atoms with E-state index in [1.54, 1.807) is 29.2 Å². The van der Waals surface area contributed by atoms with Crippen molar-refractivity contribution in [3.63, 3.8) is 0 Å². The van der Waals surface area contributed by atoms with E-state index in [1.165, 1.54) is 6.33 Å². The van der Waals surface area contributed by atoms with Crippen molar-refractivity contribution < 1.29 is 9.90 Å². The largest absolute Gasteiger partial charge is 0.388 e. The third-order valence-corrected chi connectivity index (χ3v) is 4.45. The molecule has 1 amide bonds. The molecule has 2 atom stereocenters. The highest BCUT2D eigenvalue weighted by Gasteiger charge is 2.30. The van der Waals surface area contributed by atoms with Crippen LogP contribution in [0.25, 0.3) is 0 Å². The first-order valence-corrected chi connectivity index (χ1v) is 8.11. The first-order chi connectivity index (χ1) is 11.1. The van der Waals surface area contributed by atoms with Gasteiger partial charge in [-0.2, -0.15) is 5.10 Å². The van der Waals surface area contributed by atoms with Crippen LogP contribution < -0.4 is 0 Å². The molecule has 1 aliphatic heterocycles. The Bertz CT molecular complexity index is 645. The highest BCUT2D eigenvalue weighted by Crippen LogP contribution is 2.30. The lowest BCUT2D eigenvalue weighted by Gasteiger charge is -2.34.